The van der Waals surface area contributed by atoms with E-state index in [1.165, 1.54) is 0 Å². The van der Waals surface area contributed by atoms with Crippen molar-refractivity contribution in [3.63, 3.8) is 0 Å². The summed E-state index contributed by atoms with van der Waals surface area (Å²) in [6.45, 7) is 0. The van der Waals surface area contributed by atoms with Gasteiger partial charge in [-0.25, -0.2) is 26.6 Å². The number of nitrogens with zero attached hydrogens (tertiary/aromatic N) is 1. The SMILES string of the molecule is CS(=O)(=O)c1cc(F)c(-c2coc(=O)n2-c2cccc(Br)c2)cc1F. The largest absolute Gasteiger partial charge is 0.424 e. The molecule has 0 saturated carbocycles. The Labute approximate surface area is 149 Å². The number of hydrogen-bond donors (Lipinski definition) is 0. The van der Waals surface area contributed by atoms with E-state index >= 15 is 0 Å². The lowest BCUT2D eigenvalue weighted by atomic mass is 10.1. The van der Waals surface area contributed by atoms with Crippen LogP contribution in [0.2, 0.25) is 0 Å². The Balaban J connectivity index is 2.26. The van der Waals surface area contributed by atoms with E-state index in [0.717, 1.165) is 23.2 Å². The quantitative estimate of drug-likeness (QED) is 0.638. The Bertz CT molecular complexity index is 1140. The zero-order chi connectivity index (χ0) is 18.4. The van der Waals surface area contributed by atoms with Gasteiger partial charge in [0.05, 0.1) is 11.4 Å². The molecule has 0 fully saturated rings. The molecule has 9 heteroatoms. The van der Waals surface area contributed by atoms with Crippen molar-refractivity contribution in [2.45, 2.75) is 4.90 Å². The Morgan fingerprint density at radius 2 is 1.84 bits per heavy atom. The van der Waals surface area contributed by atoms with Gasteiger partial charge in [-0.05, 0) is 30.3 Å². The maximum Gasteiger partial charge on any atom is 0.424 e. The highest BCUT2D eigenvalue weighted by Crippen LogP contribution is 2.29. The zero-order valence-electron chi connectivity index (χ0n) is 12.7. The number of benzene rings is 2. The molecule has 0 spiro atoms. The molecule has 0 bridgehead atoms. The monoisotopic (exact) mass is 429 g/mol. The predicted molar refractivity (Wildman–Crippen MR) is 90.5 cm³/mol. The van der Waals surface area contributed by atoms with Crippen LogP contribution in [-0.2, 0) is 9.84 Å². The molecule has 5 nitrogen and oxygen atoms in total. The van der Waals surface area contributed by atoms with E-state index in [1.54, 1.807) is 24.3 Å². The van der Waals surface area contributed by atoms with Crippen LogP contribution in [0.15, 0.2) is 61.2 Å². The highest BCUT2D eigenvalue weighted by molar-refractivity contribution is 9.10. The third-order valence-corrected chi connectivity index (χ3v) is 5.06. The van der Waals surface area contributed by atoms with Crippen molar-refractivity contribution in [1.82, 2.24) is 4.57 Å². The second-order valence-electron chi connectivity index (χ2n) is 5.24. The van der Waals surface area contributed by atoms with Crippen LogP contribution in [0.1, 0.15) is 0 Å². The number of hydrogen-bond acceptors (Lipinski definition) is 4. The Morgan fingerprint density at radius 1 is 1.12 bits per heavy atom. The maximum atomic E-state index is 14.4. The molecular weight excluding hydrogens is 420 g/mol. The fraction of sp³-hybridized carbons (Fsp3) is 0.0625. The Hall–Kier alpha value is -2.26. The first-order chi connectivity index (χ1) is 11.7. The molecule has 3 rings (SSSR count). The second-order valence-corrected chi connectivity index (χ2v) is 8.14. The molecule has 0 amide bonds. The third-order valence-electron chi connectivity index (χ3n) is 3.46. The van der Waals surface area contributed by atoms with E-state index in [1.807, 2.05) is 0 Å². The molecule has 25 heavy (non-hydrogen) atoms. The molecule has 0 unspecified atom stereocenters. The third kappa shape index (κ3) is 3.29. The van der Waals surface area contributed by atoms with Gasteiger partial charge in [0.25, 0.3) is 0 Å². The summed E-state index contributed by atoms with van der Waals surface area (Å²) in [5.74, 6) is -2.90. The fourth-order valence-electron chi connectivity index (χ4n) is 2.36. The van der Waals surface area contributed by atoms with Gasteiger partial charge in [-0.1, -0.05) is 22.0 Å². The van der Waals surface area contributed by atoms with Gasteiger partial charge in [-0.2, -0.15) is 0 Å². The van der Waals surface area contributed by atoms with Gasteiger partial charge in [0.15, 0.2) is 9.84 Å². The molecule has 130 valence electrons. The van der Waals surface area contributed by atoms with Gasteiger partial charge in [-0.3, -0.25) is 0 Å². The van der Waals surface area contributed by atoms with Crippen molar-refractivity contribution in [1.29, 1.82) is 0 Å². The van der Waals surface area contributed by atoms with Crippen molar-refractivity contribution in [3.05, 3.63) is 69.3 Å². The van der Waals surface area contributed by atoms with Crippen LogP contribution in [-0.4, -0.2) is 19.2 Å². The van der Waals surface area contributed by atoms with Gasteiger partial charge < -0.3 is 4.42 Å². The maximum absolute atomic E-state index is 14.4. The Morgan fingerprint density at radius 3 is 2.48 bits per heavy atom. The lowest BCUT2D eigenvalue weighted by molar-refractivity contribution is 0.504. The minimum atomic E-state index is -3.93. The number of halogens is 3. The van der Waals surface area contributed by atoms with Crippen molar-refractivity contribution < 1.29 is 21.6 Å². The molecule has 0 atom stereocenters. The highest BCUT2D eigenvalue weighted by atomic mass is 79.9. The van der Waals surface area contributed by atoms with Crippen LogP contribution in [0.25, 0.3) is 16.9 Å². The van der Waals surface area contributed by atoms with E-state index < -0.39 is 32.1 Å². The molecule has 0 saturated heterocycles. The highest BCUT2D eigenvalue weighted by Gasteiger charge is 2.22. The molecule has 0 aliphatic rings. The van der Waals surface area contributed by atoms with Crippen molar-refractivity contribution >= 4 is 25.8 Å². The Kier molecular flexibility index (Phi) is 4.38. The van der Waals surface area contributed by atoms with E-state index in [0.29, 0.717) is 16.2 Å². The lowest BCUT2D eigenvalue weighted by Gasteiger charge is -2.09. The van der Waals surface area contributed by atoms with Crippen LogP contribution in [0, 0.1) is 11.6 Å². The minimum Gasteiger partial charge on any atom is -0.415 e. The van der Waals surface area contributed by atoms with Gasteiger partial charge >= 0.3 is 5.76 Å². The van der Waals surface area contributed by atoms with E-state index in [2.05, 4.69) is 15.9 Å². The van der Waals surface area contributed by atoms with Crippen molar-refractivity contribution in [2.24, 2.45) is 0 Å². The van der Waals surface area contributed by atoms with Crippen LogP contribution in [0.4, 0.5) is 8.78 Å². The number of aromatic nitrogens is 1. The number of rotatable bonds is 3. The first kappa shape index (κ1) is 17.6. The molecule has 0 aliphatic heterocycles. The summed E-state index contributed by atoms with van der Waals surface area (Å²) in [5, 5.41) is 0. The number of sulfone groups is 1. The standard InChI is InChI=1S/C16H10BrF2NO4S/c1-25(22,23)15-7-12(18)11(6-13(15)19)14-8-24-16(21)20(14)10-4-2-3-9(17)5-10/h2-8H,1H3. The topological polar surface area (TPSA) is 69.3 Å². The van der Waals surface area contributed by atoms with Crippen LogP contribution < -0.4 is 5.76 Å². The summed E-state index contributed by atoms with van der Waals surface area (Å²) >= 11 is 3.26. The first-order valence-corrected chi connectivity index (χ1v) is 9.53. The molecule has 0 aliphatic carbocycles. The van der Waals surface area contributed by atoms with Crippen molar-refractivity contribution in [3.8, 4) is 16.9 Å². The summed E-state index contributed by atoms with van der Waals surface area (Å²) in [5.41, 5.74) is 0.0328. The van der Waals surface area contributed by atoms with Crippen LogP contribution in [0.3, 0.4) is 0 Å². The molecule has 0 N–H and O–H groups in total. The van der Waals surface area contributed by atoms with Gasteiger partial charge in [-0.15, -0.1) is 0 Å². The van der Waals surface area contributed by atoms with Gasteiger partial charge in [0.1, 0.15) is 22.8 Å². The smallest absolute Gasteiger partial charge is 0.415 e. The van der Waals surface area contributed by atoms with Crippen LogP contribution in [0.5, 0.6) is 0 Å². The summed E-state index contributed by atoms with van der Waals surface area (Å²) in [6.07, 6.45) is 1.76. The summed E-state index contributed by atoms with van der Waals surface area (Å²) in [7, 11) is -3.93. The molecule has 2 aromatic carbocycles. The normalized spacial score (nSPS) is 11.7. The molecule has 1 aromatic heterocycles. The van der Waals surface area contributed by atoms with E-state index in [4.69, 9.17) is 4.42 Å². The summed E-state index contributed by atoms with van der Waals surface area (Å²) in [6, 6.07) is 7.89. The predicted octanol–water partition coefficient (Wildman–Crippen LogP) is 3.54. The molecular formula is C16H10BrF2NO4S. The summed E-state index contributed by atoms with van der Waals surface area (Å²) in [4.78, 5) is 11.3. The second kappa shape index (κ2) is 6.23. The van der Waals surface area contributed by atoms with Gasteiger partial charge in [0.2, 0.25) is 0 Å². The first-order valence-electron chi connectivity index (χ1n) is 6.84. The number of oxazole rings is 1. The average Bonchev–Trinajstić information content (AvgIpc) is 2.89. The minimum absolute atomic E-state index is 0.0421. The van der Waals surface area contributed by atoms with Crippen LogP contribution >= 0.6 is 15.9 Å². The fourth-order valence-corrected chi connectivity index (χ4v) is 3.48. The molecule has 3 aromatic rings. The molecule has 1 heterocycles. The lowest BCUT2D eigenvalue weighted by Crippen LogP contribution is -2.13. The van der Waals surface area contributed by atoms with Gasteiger partial charge in [0, 0.05) is 16.3 Å². The van der Waals surface area contributed by atoms with E-state index in [9.17, 15) is 22.0 Å². The zero-order valence-corrected chi connectivity index (χ0v) is 15.1. The molecule has 0 radical (unpaired) electrons. The van der Waals surface area contributed by atoms with E-state index in [-0.39, 0.29) is 11.3 Å². The summed E-state index contributed by atoms with van der Waals surface area (Å²) < 4.78 is 58.1. The average molecular weight is 430 g/mol. The van der Waals surface area contributed by atoms with Crippen molar-refractivity contribution in [2.75, 3.05) is 6.26 Å².